The fourth-order valence-corrected chi connectivity index (χ4v) is 5.89. The summed E-state index contributed by atoms with van der Waals surface area (Å²) >= 11 is 6.13. The van der Waals surface area contributed by atoms with Gasteiger partial charge in [0, 0.05) is 22.3 Å². The largest absolute Gasteiger partial charge is 0.508 e. The summed E-state index contributed by atoms with van der Waals surface area (Å²) in [7, 11) is 0. The molecule has 3 N–H and O–H groups in total. The zero-order valence-electron chi connectivity index (χ0n) is 18.2. The number of imide groups is 1. The third-order valence-electron chi connectivity index (χ3n) is 7.14. The molecule has 9 heteroatoms. The highest BCUT2D eigenvalue weighted by Gasteiger charge is 2.70. The lowest BCUT2D eigenvalue weighted by molar-refractivity contribution is -0.130. The first-order valence-corrected chi connectivity index (χ1v) is 11.5. The van der Waals surface area contributed by atoms with E-state index in [1.807, 2.05) is 0 Å². The van der Waals surface area contributed by atoms with Crippen LogP contribution < -0.4 is 15.5 Å². The highest BCUT2D eigenvalue weighted by Crippen LogP contribution is 2.54. The smallest absolute Gasteiger partial charge is 0.250 e. The summed E-state index contributed by atoms with van der Waals surface area (Å²) in [5.74, 6) is -3.92. The van der Waals surface area contributed by atoms with Gasteiger partial charge in [-0.05, 0) is 60.5 Å². The topological polar surface area (TPSA) is 98.7 Å². The second kappa shape index (κ2) is 7.63. The molecule has 3 amide bonds. The van der Waals surface area contributed by atoms with Crippen molar-refractivity contribution >= 4 is 40.7 Å². The summed E-state index contributed by atoms with van der Waals surface area (Å²) < 4.78 is 14.3. The fourth-order valence-electron chi connectivity index (χ4n) is 5.70. The molecule has 7 nitrogen and oxygen atoms in total. The molecule has 3 heterocycles. The zero-order chi connectivity index (χ0) is 24.5. The number of benzene rings is 3. The summed E-state index contributed by atoms with van der Waals surface area (Å²) in [5.41, 5.74) is 0.215. The van der Waals surface area contributed by atoms with Crippen molar-refractivity contribution in [3.8, 4) is 5.75 Å². The average molecular weight is 492 g/mol. The first kappa shape index (κ1) is 21.8. The van der Waals surface area contributed by atoms with Gasteiger partial charge in [-0.15, -0.1) is 0 Å². The Balaban J connectivity index is 1.50. The molecule has 0 aromatic heterocycles. The number of fused-ring (bicyclic) bond motifs is 4. The van der Waals surface area contributed by atoms with E-state index in [2.05, 4.69) is 10.6 Å². The van der Waals surface area contributed by atoms with Crippen LogP contribution in [0.2, 0.25) is 5.02 Å². The zero-order valence-corrected chi connectivity index (χ0v) is 18.9. The Morgan fingerprint density at radius 1 is 1.00 bits per heavy atom. The van der Waals surface area contributed by atoms with E-state index in [1.165, 1.54) is 36.4 Å². The Labute approximate surface area is 204 Å². The van der Waals surface area contributed by atoms with Crippen molar-refractivity contribution in [1.29, 1.82) is 0 Å². The van der Waals surface area contributed by atoms with Gasteiger partial charge in [0.15, 0.2) is 0 Å². The number of phenols is 1. The number of nitrogens with zero attached hydrogens (tertiary/aromatic N) is 1. The molecule has 176 valence electrons. The van der Waals surface area contributed by atoms with Crippen LogP contribution in [0.4, 0.5) is 15.8 Å². The number of anilines is 2. The van der Waals surface area contributed by atoms with Crippen LogP contribution >= 0.6 is 11.6 Å². The van der Waals surface area contributed by atoms with Gasteiger partial charge in [-0.1, -0.05) is 29.8 Å². The quantitative estimate of drug-likeness (QED) is 0.488. The molecule has 0 aliphatic carbocycles. The van der Waals surface area contributed by atoms with Crippen molar-refractivity contribution in [2.75, 3.05) is 10.2 Å². The van der Waals surface area contributed by atoms with E-state index in [4.69, 9.17) is 11.6 Å². The molecule has 3 aromatic rings. The number of halogens is 2. The van der Waals surface area contributed by atoms with Crippen molar-refractivity contribution < 1.29 is 23.9 Å². The Bertz CT molecular complexity index is 1410. The van der Waals surface area contributed by atoms with E-state index in [0.717, 1.165) is 10.5 Å². The minimum atomic E-state index is -1.61. The van der Waals surface area contributed by atoms with E-state index in [1.54, 1.807) is 30.3 Å². The second-order valence-electron chi connectivity index (χ2n) is 9.07. The Hall–Kier alpha value is -3.75. The van der Waals surface area contributed by atoms with Crippen molar-refractivity contribution in [2.45, 2.75) is 18.0 Å². The van der Waals surface area contributed by atoms with Gasteiger partial charge in [0.25, 0.3) is 0 Å². The fraction of sp³-hybridized carbons (Fsp3) is 0.192. The molecular weight excluding hydrogens is 473 g/mol. The number of carbonyl (C=O) groups is 3. The maximum atomic E-state index is 14.3. The molecule has 3 aliphatic heterocycles. The lowest BCUT2D eigenvalue weighted by Crippen LogP contribution is -2.53. The van der Waals surface area contributed by atoms with E-state index in [-0.39, 0.29) is 5.75 Å². The van der Waals surface area contributed by atoms with Crippen LogP contribution in [-0.2, 0) is 26.3 Å². The van der Waals surface area contributed by atoms with E-state index in [9.17, 15) is 23.9 Å². The van der Waals surface area contributed by atoms with E-state index >= 15 is 0 Å². The predicted octanol–water partition coefficient (Wildman–Crippen LogP) is 3.35. The van der Waals surface area contributed by atoms with Crippen LogP contribution in [0, 0.1) is 17.7 Å². The van der Waals surface area contributed by atoms with Crippen molar-refractivity contribution in [3.63, 3.8) is 0 Å². The van der Waals surface area contributed by atoms with Crippen LogP contribution in [0.15, 0.2) is 66.7 Å². The van der Waals surface area contributed by atoms with Crippen molar-refractivity contribution in [2.24, 2.45) is 11.8 Å². The van der Waals surface area contributed by atoms with Crippen LogP contribution in [0.3, 0.4) is 0 Å². The van der Waals surface area contributed by atoms with Gasteiger partial charge in [-0.25, -0.2) is 9.29 Å². The first-order valence-electron chi connectivity index (χ1n) is 11.1. The third-order valence-corrected chi connectivity index (χ3v) is 7.37. The van der Waals surface area contributed by atoms with Crippen LogP contribution in [-0.4, -0.2) is 28.9 Å². The summed E-state index contributed by atoms with van der Waals surface area (Å²) in [6.07, 6.45) is 0.309. The maximum absolute atomic E-state index is 14.3. The molecule has 6 rings (SSSR count). The van der Waals surface area contributed by atoms with Crippen molar-refractivity contribution in [3.05, 3.63) is 88.7 Å². The standard InChI is InChI=1S/C26H19ClFN3O4/c27-14-2-1-3-16(11-14)31-23(33)21-20(10-13-4-7-17(32)8-5-13)30-26(22(21)24(31)34)18-12-15(28)6-9-19(18)29-25(26)35/h1-9,11-12,20-22,30,32H,10H2,(H,29,35)/t20?,21-,22+,26?/m1/s1. The summed E-state index contributed by atoms with van der Waals surface area (Å²) in [6.45, 7) is 0. The van der Waals surface area contributed by atoms with Gasteiger partial charge >= 0.3 is 0 Å². The Morgan fingerprint density at radius 3 is 2.51 bits per heavy atom. The molecule has 1 spiro atoms. The highest BCUT2D eigenvalue weighted by atomic mass is 35.5. The van der Waals surface area contributed by atoms with Crippen LogP contribution in [0.5, 0.6) is 5.75 Å². The molecular formula is C26H19ClFN3O4. The number of phenolic OH excluding ortho intramolecular Hbond substituents is 1. The van der Waals surface area contributed by atoms with E-state index in [0.29, 0.717) is 28.4 Å². The van der Waals surface area contributed by atoms with Crippen LogP contribution in [0.25, 0.3) is 0 Å². The van der Waals surface area contributed by atoms with Gasteiger partial charge in [0.1, 0.15) is 17.1 Å². The second-order valence-corrected chi connectivity index (χ2v) is 9.51. The minimum Gasteiger partial charge on any atom is -0.508 e. The summed E-state index contributed by atoms with van der Waals surface area (Å²) in [4.78, 5) is 42.2. The number of nitrogens with one attached hydrogen (secondary N) is 2. The molecule has 2 saturated heterocycles. The molecule has 3 aliphatic rings. The lowest BCUT2D eigenvalue weighted by Gasteiger charge is -2.29. The molecule has 35 heavy (non-hydrogen) atoms. The molecule has 2 unspecified atom stereocenters. The first-order chi connectivity index (χ1) is 16.8. The number of aromatic hydroxyl groups is 1. The van der Waals surface area contributed by atoms with Crippen LogP contribution in [0.1, 0.15) is 11.1 Å². The molecule has 0 radical (unpaired) electrons. The maximum Gasteiger partial charge on any atom is 0.250 e. The number of amides is 3. The summed E-state index contributed by atoms with van der Waals surface area (Å²) in [6, 6.07) is 16.2. The molecule has 0 saturated carbocycles. The third kappa shape index (κ3) is 3.10. The normalized spacial score (nSPS) is 26.9. The molecule has 3 aromatic carbocycles. The van der Waals surface area contributed by atoms with Gasteiger partial charge in [0.05, 0.1) is 17.5 Å². The molecule has 2 fully saturated rings. The summed E-state index contributed by atoms with van der Waals surface area (Å²) in [5, 5.41) is 16.0. The number of carbonyl (C=O) groups excluding carboxylic acids is 3. The van der Waals surface area contributed by atoms with Gasteiger partial charge in [-0.3, -0.25) is 19.7 Å². The lowest BCUT2D eigenvalue weighted by atomic mass is 9.76. The van der Waals surface area contributed by atoms with Gasteiger partial charge < -0.3 is 10.4 Å². The van der Waals surface area contributed by atoms with Gasteiger partial charge in [0.2, 0.25) is 17.7 Å². The average Bonchev–Trinajstić information content (AvgIpc) is 3.40. The Kier molecular flexibility index (Phi) is 4.74. The number of rotatable bonds is 3. The number of hydrogen-bond donors (Lipinski definition) is 3. The molecule has 4 atom stereocenters. The van der Waals surface area contributed by atoms with Crippen molar-refractivity contribution in [1.82, 2.24) is 5.32 Å². The molecule has 0 bridgehead atoms. The minimum absolute atomic E-state index is 0.0984. The highest BCUT2D eigenvalue weighted by molar-refractivity contribution is 6.31. The SMILES string of the molecule is O=C1[C@@H]2C(Cc3ccc(O)cc3)NC3(C(=O)Nc4ccc(F)cc43)[C@@H]2C(=O)N1c1cccc(Cl)c1. The van der Waals surface area contributed by atoms with Gasteiger partial charge in [-0.2, -0.15) is 0 Å². The Morgan fingerprint density at radius 2 is 1.77 bits per heavy atom. The van der Waals surface area contributed by atoms with E-state index < -0.39 is 47.0 Å². The predicted molar refractivity (Wildman–Crippen MR) is 126 cm³/mol. The number of hydrogen-bond acceptors (Lipinski definition) is 5. The monoisotopic (exact) mass is 491 g/mol.